The quantitative estimate of drug-likeness (QED) is 0.797. The fourth-order valence-corrected chi connectivity index (χ4v) is 4.69. The first-order chi connectivity index (χ1) is 13.2. The first-order valence-corrected chi connectivity index (χ1v) is 9.88. The third-order valence-corrected chi connectivity index (χ3v) is 6.26. The molecule has 1 aromatic heterocycles. The lowest BCUT2D eigenvalue weighted by molar-refractivity contribution is -0.269. The van der Waals surface area contributed by atoms with Crippen molar-refractivity contribution in [3.63, 3.8) is 0 Å². The largest absolute Gasteiger partial charge is 0.497 e. The average Bonchev–Trinajstić information content (AvgIpc) is 3.25. The number of aromatic nitrogens is 1. The number of ether oxygens (including phenoxy) is 1. The monoisotopic (exact) mass is 411 g/mol. The highest BCUT2D eigenvalue weighted by molar-refractivity contribution is 7.14. The summed E-state index contributed by atoms with van der Waals surface area (Å²) in [5.74, 6) is -0.289. The molecule has 0 amide bonds. The normalized spacial score (nSPS) is 27.5. The zero-order chi connectivity index (χ0) is 20.1. The van der Waals surface area contributed by atoms with E-state index in [-0.39, 0.29) is 17.5 Å². The standard InChI is InChI=1S/C19H20F3N3O2S/c1-11-3-8-15-14(9-11)18(26,19(20,21)22)25(24-15)17-23-16(10-28-17)12-4-6-13(27-2)7-5-12/h4-7,10-11,14,26H,3,8-9H2,1-2H3/t11-,14+,18-/m0/s1. The van der Waals surface area contributed by atoms with E-state index < -0.39 is 17.8 Å². The summed E-state index contributed by atoms with van der Waals surface area (Å²) >= 11 is 1.03. The third-order valence-electron chi connectivity index (χ3n) is 5.45. The molecule has 2 aliphatic rings. The first-order valence-electron chi connectivity index (χ1n) is 9.00. The Morgan fingerprint density at radius 1 is 1.29 bits per heavy atom. The number of hydrogen-bond acceptors (Lipinski definition) is 6. The lowest BCUT2D eigenvalue weighted by atomic mass is 9.76. The summed E-state index contributed by atoms with van der Waals surface area (Å²) in [6, 6.07) is 7.08. The van der Waals surface area contributed by atoms with Gasteiger partial charge in [0.15, 0.2) is 0 Å². The summed E-state index contributed by atoms with van der Waals surface area (Å²) < 4.78 is 47.1. The number of thiazole rings is 1. The molecule has 150 valence electrons. The minimum atomic E-state index is -4.86. The summed E-state index contributed by atoms with van der Waals surface area (Å²) in [6.07, 6.45) is -3.38. The van der Waals surface area contributed by atoms with Gasteiger partial charge in [-0.3, -0.25) is 0 Å². The van der Waals surface area contributed by atoms with Crippen molar-refractivity contribution in [1.29, 1.82) is 0 Å². The summed E-state index contributed by atoms with van der Waals surface area (Å²) in [7, 11) is 1.56. The van der Waals surface area contributed by atoms with E-state index in [0.29, 0.717) is 28.6 Å². The molecule has 4 rings (SSSR count). The Balaban J connectivity index is 1.71. The number of aliphatic hydroxyl groups is 1. The fraction of sp³-hybridized carbons (Fsp3) is 0.474. The van der Waals surface area contributed by atoms with Gasteiger partial charge in [-0.25, -0.2) is 4.98 Å². The first kappa shape index (κ1) is 19.2. The van der Waals surface area contributed by atoms with Crippen molar-refractivity contribution in [2.45, 2.75) is 38.1 Å². The molecule has 1 aliphatic carbocycles. The van der Waals surface area contributed by atoms with Crippen LogP contribution in [0, 0.1) is 11.8 Å². The van der Waals surface area contributed by atoms with Crippen molar-refractivity contribution in [3.05, 3.63) is 29.6 Å². The third kappa shape index (κ3) is 2.97. The molecule has 9 heteroatoms. The number of methoxy groups -OCH3 is 1. The zero-order valence-corrected chi connectivity index (χ0v) is 16.2. The van der Waals surface area contributed by atoms with E-state index >= 15 is 0 Å². The van der Waals surface area contributed by atoms with Crippen molar-refractivity contribution < 1.29 is 23.0 Å². The molecule has 5 nitrogen and oxygen atoms in total. The summed E-state index contributed by atoms with van der Waals surface area (Å²) in [6.45, 7) is 1.90. The number of nitrogens with zero attached hydrogens (tertiary/aromatic N) is 3. The average molecular weight is 411 g/mol. The highest BCUT2D eigenvalue weighted by atomic mass is 32.1. The number of alkyl halides is 3. The van der Waals surface area contributed by atoms with Crippen LogP contribution in [-0.4, -0.2) is 34.8 Å². The SMILES string of the molecule is COc1ccc(-c2csc(N3N=C4CC[C@H](C)C[C@H]4[C@]3(O)C(F)(F)F)n2)cc1. The molecular formula is C19H20F3N3O2S. The van der Waals surface area contributed by atoms with Gasteiger partial charge in [-0.05, 0) is 49.4 Å². The summed E-state index contributed by atoms with van der Waals surface area (Å²) in [5.41, 5.74) is -1.39. The van der Waals surface area contributed by atoms with Crippen LogP contribution >= 0.6 is 11.3 Å². The lowest BCUT2D eigenvalue weighted by Crippen LogP contribution is -2.60. The van der Waals surface area contributed by atoms with Crippen molar-refractivity contribution in [2.75, 3.05) is 12.1 Å². The minimum Gasteiger partial charge on any atom is -0.497 e. The van der Waals surface area contributed by atoms with Crippen molar-refractivity contribution in [1.82, 2.24) is 4.98 Å². The highest BCUT2D eigenvalue weighted by Crippen LogP contribution is 2.51. The number of halogens is 3. The lowest BCUT2D eigenvalue weighted by Gasteiger charge is -2.39. The van der Waals surface area contributed by atoms with Gasteiger partial charge in [0.1, 0.15) is 5.75 Å². The fourth-order valence-electron chi connectivity index (χ4n) is 3.86. The number of anilines is 1. The van der Waals surface area contributed by atoms with Crippen LogP contribution in [0.2, 0.25) is 0 Å². The summed E-state index contributed by atoms with van der Waals surface area (Å²) in [4.78, 5) is 4.34. The Morgan fingerprint density at radius 3 is 2.64 bits per heavy atom. The smallest absolute Gasteiger partial charge is 0.439 e. The molecule has 28 heavy (non-hydrogen) atoms. The number of rotatable bonds is 3. The van der Waals surface area contributed by atoms with E-state index in [1.54, 1.807) is 36.8 Å². The van der Waals surface area contributed by atoms with Gasteiger partial charge in [0.2, 0.25) is 5.13 Å². The molecule has 1 fully saturated rings. The Bertz CT molecular complexity index is 897. The second-order valence-electron chi connectivity index (χ2n) is 7.30. The summed E-state index contributed by atoms with van der Waals surface area (Å²) in [5, 5.41) is 17.4. The van der Waals surface area contributed by atoms with Crippen molar-refractivity contribution >= 4 is 22.2 Å². The Hall–Kier alpha value is -2.13. The molecule has 0 bridgehead atoms. The molecule has 2 heterocycles. The van der Waals surface area contributed by atoms with Crippen LogP contribution in [0.3, 0.4) is 0 Å². The van der Waals surface area contributed by atoms with E-state index in [1.165, 1.54) is 0 Å². The predicted molar refractivity (Wildman–Crippen MR) is 102 cm³/mol. The molecule has 1 N–H and O–H groups in total. The van der Waals surface area contributed by atoms with Crippen LogP contribution in [0.5, 0.6) is 5.75 Å². The topological polar surface area (TPSA) is 58.0 Å². The van der Waals surface area contributed by atoms with Gasteiger partial charge in [-0.15, -0.1) is 11.3 Å². The van der Waals surface area contributed by atoms with Crippen LogP contribution in [0.4, 0.5) is 18.3 Å². The van der Waals surface area contributed by atoms with Gasteiger partial charge in [0.25, 0.3) is 5.72 Å². The van der Waals surface area contributed by atoms with Gasteiger partial charge in [-0.1, -0.05) is 6.92 Å². The van der Waals surface area contributed by atoms with Gasteiger partial charge >= 0.3 is 6.18 Å². The predicted octanol–water partition coefficient (Wildman–Crippen LogP) is 4.68. The van der Waals surface area contributed by atoms with E-state index in [9.17, 15) is 18.3 Å². The maximum atomic E-state index is 14.0. The molecule has 1 aliphatic heterocycles. The maximum absolute atomic E-state index is 14.0. The van der Waals surface area contributed by atoms with Crippen LogP contribution in [0.25, 0.3) is 11.3 Å². The highest BCUT2D eigenvalue weighted by Gasteiger charge is 2.68. The molecule has 2 aromatic rings. The van der Waals surface area contributed by atoms with E-state index in [4.69, 9.17) is 4.74 Å². The zero-order valence-electron chi connectivity index (χ0n) is 15.4. The Kier molecular flexibility index (Phi) is 4.62. The van der Waals surface area contributed by atoms with Crippen LogP contribution in [-0.2, 0) is 0 Å². The molecule has 1 saturated carbocycles. The molecule has 0 unspecified atom stereocenters. The second-order valence-corrected chi connectivity index (χ2v) is 8.14. The van der Waals surface area contributed by atoms with E-state index in [0.717, 1.165) is 23.3 Å². The molecule has 3 atom stereocenters. The van der Waals surface area contributed by atoms with Gasteiger partial charge in [0.05, 0.1) is 18.7 Å². The molecular weight excluding hydrogens is 391 g/mol. The molecule has 1 aromatic carbocycles. The van der Waals surface area contributed by atoms with Gasteiger partial charge < -0.3 is 9.84 Å². The van der Waals surface area contributed by atoms with Gasteiger partial charge in [0, 0.05) is 16.7 Å². The Labute approximate surface area is 164 Å². The van der Waals surface area contributed by atoms with Crippen LogP contribution in [0.15, 0.2) is 34.7 Å². The number of benzene rings is 1. The number of hydrogen-bond donors (Lipinski definition) is 1. The molecule has 0 spiro atoms. The maximum Gasteiger partial charge on any atom is 0.439 e. The van der Waals surface area contributed by atoms with Crippen LogP contribution in [0.1, 0.15) is 26.2 Å². The van der Waals surface area contributed by atoms with Gasteiger partial charge in [-0.2, -0.15) is 23.3 Å². The van der Waals surface area contributed by atoms with Crippen LogP contribution < -0.4 is 9.75 Å². The number of hydrazone groups is 1. The minimum absolute atomic E-state index is 0.0280. The Morgan fingerprint density at radius 2 is 2.00 bits per heavy atom. The van der Waals surface area contributed by atoms with Crippen molar-refractivity contribution in [2.24, 2.45) is 16.9 Å². The molecule has 0 saturated heterocycles. The molecule has 0 radical (unpaired) electrons. The second kappa shape index (κ2) is 6.73. The number of fused-ring (bicyclic) bond motifs is 1. The van der Waals surface area contributed by atoms with Crippen molar-refractivity contribution in [3.8, 4) is 17.0 Å². The van der Waals surface area contributed by atoms with E-state index in [2.05, 4.69) is 10.1 Å². The van der Waals surface area contributed by atoms with E-state index in [1.807, 2.05) is 6.92 Å².